The number of hydrogen-bond donors (Lipinski definition) is 4. The van der Waals surface area contributed by atoms with Gasteiger partial charge in [0.2, 0.25) is 0 Å². The van der Waals surface area contributed by atoms with Gasteiger partial charge in [0.15, 0.2) is 0 Å². The molecule has 1 amide bonds. The Bertz CT molecular complexity index is 692. The molecule has 6 nitrogen and oxygen atoms in total. The molecule has 1 aromatic carbocycles. The maximum atomic E-state index is 12.0. The highest BCUT2D eigenvalue weighted by molar-refractivity contribution is 7.18. The zero-order valence-electron chi connectivity index (χ0n) is 10.4. The van der Waals surface area contributed by atoms with Crippen molar-refractivity contribution in [3.8, 4) is 11.5 Å². The molecule has 2 rings (SSSR count). The molecule has 0 aliphatic heterocycles. The number of aromatic carboxylic acids is 1. The van der Waals surface area contributed by atoms with Crippen LogP contribution in [0.3, 0.4) is 0 Å². The van der Waals surface area contributed by atoms with Gasteiger partial charge in [-0.25, -0.2) is 4.79 Å². The number of carbonyl (C=O) groups excluding carboxylic acids is 1. The van der Waals surface area contributed by atoms with Crippen LogP contribution >= 0.6 is 11.3 Å². The van der Waals surface area contributed by atoms with E-state index < -0.39 is 11.9 Å². The smallest absolute Gasteiger partial charge is 0.346 e. The lowest BCUT2D eigenvalue weighted by Crippen LogP contribution is -2.10. The highest BCUT2D eigenvalue weighted by Crippen LogP contribution is 2.28. The summed E-state index contributed by atoms with van der Waals surface area (Å²) in [6.07, 6.45) is 0. The summed E-state index contributed by atoms with van der Waals surface area (Å²) in [5.41, 5.74) is 0.450. The first-order chi connectivity index (χ1) is 9.38. The van der Waals surface area contributed by atoms with Crippen LogP contribution in [0.1, 0.15) is 25.6 Å². The van der Waals surface area contributed by atoms with E-state index in [1.165, 1.54) is 18.2 Å². The average molecular weight is 293 g/mol. The Morgan fingerprint density at radius 3 is 2.50 bits per heavy atom. The Kier molecular flexibility index (Phi) is 3.62. The van der Waals surface area contributed by atoms with Gasteiger partial charge in [-0.1, -0.05) is 0 Å². The summed E-state index contributed by atoms with van der Waals surface area (Å²) in [6.45, 7) is 1.63. The zero-order valence-corrected chi connectivity index (χ0v) is 11.2. The van der Waals surface area contributed by atoms with Crippen LogP contribution in [-0.2, 0) is 0 Å². The number of aryl methyl sites for hydroxylation is 1. The highest BCUT2D eigenvalue weighted by atomic mass is 32.1. The summed E-state index contributed by atoms with van der Waals surface area (Å²) < 4.78 is 0. The summed E-state index contributed by atoms with van der Waals surface area (Å²) in [4.78, 5) is 23.0. The Morgan fingerprint density at radius 2 is 1.90 bits per heavy atom. The topological polar surface area (TPSA) is 107 Å². The normalized spacial score (nSPS) is 10.2. The molecule has 0 unspecified atom stereocenters. The number of amides is 1. The number of benzene rings is 1. The van der Waals surface area contributed by atoms with E-state index in [4.69, 9.17) is 5.11 Å². The minimum atomic E-state index is -1.06. The SMILES string of the molecule is Cc1cc(NC(=O)c2cc(O)ccc2O)sc1C(=O)O. The monoisotopic (exact) mass is 293 g/mol. The van der Waals surface area contributed by atoms with E-state index in [-0.39, 0.29) is 21.9 Å². The van der Waals surface area contributed by atoms with Crippen molar-refractivity contribution in [1.29, 1.82) is 0 Å². The van der Waals surface area contributed by atoms with Gasteiger partial charge in [0.1, 0.15) is 16.4 Å². The van der Waals surface area contributed by atoms with E-state index in [9.17, 15) is 19.8 Å². The number of hydrogen-bond acceptors (Lipinski definition) is 5. The first-order valence-electron chi connectivity index (χ1n) is 5.55. The lowest BCUT2D eigenvalue weighted by atomic mass is 10.2. The number of thiophene rings is 1. The second-order valence-electron chi connectivity index (χ2n) is 4.08. The second-order valence-corrected chi connectivity index (χ2v) is 5.14. The molecular formula is C13H11NO5S. The number of carboxylic acid groups (broad SMARTS) is 1. The fraction of sp³-hybridized carbons (Fsp3) is 0.0769. The number of nitrogens with one attached hydrogen (secondary N) is 1. The maximum Gasteiger partial charge on any atom is 0.346 e. The number of phenolic OH excluding ortho intramolecular Hbond substituents is 2. The van der Waals surface area contributed by atoms with Crippen molar-refractivity contribution < 1.29 is 24.9 Å². The number of anilines is 1. The third-order valence-electron chi connectivity index (χ3n) is 2.57. The van der Waals surface area contributed by atoms with E-state index in [1.54, 1.807) is 6.92 Å². The predicted molar refractivity (Wildman–Crippen MR) is 73.7 cm³/mol. The van der Waals surface area contributed by atoms with E-state index in [0.29, 0.717) is 10.6 Å². The summed E-state index contributed by atoms with van der Waals surface area (Å²) in [5.74, 6) is -2.11. The van der Waals surface area contributed by atoms with Gasteiger partial charge in [-0.2, -0.15) is 0 Å². The molecule has 4 N–H and O–H groups in total. The summed E-state index contributed by atoms with van der Waals surface area (Å²) in [6, 6.07) is 5.12. The molecule has 1 heterocycles. The van der Waals surface area contributed by atoms with Crippen molar-refractivity contribution in [1.82, 2.24) is 0 Å². The quantitative estimate of drug-likeness (QED) is 0.650. The minimum Gasteiger partial charge on any atom is -0.508 e. The van der Waals surface area contributed by atoms with Crippen molar-refractivity contribution in [2.45, 2.75) is 6.92 Å². The number of phenols is 2. The molecule has 0 atom stereocenters. The molecule has 20 heavy (non-hydrogen) atoms. The first-order valence-corrected chi connectivity index (χ1v) is 6.37. The van der Waals surface area contributed by atoms with Gasteiger partial charge in [-0.3, -0.25) is 4.79 Å². The Morgan fingerprint density at radius 1 is 1.20 bits per heavy atom. The molecule has 1 aromatic heterocycles. The number of aromatic hydroxyl groups is 2. The van der Waals surface area contributed by atoms with E-state index in [1.807, 2.05) is 0 Å². The zero-order chi connectivity index (χ0) is 14.9. The fourth-order valence-electron chi connectivity index (χ4n) is 1.64. The van der Waals surface area contributed by atoms with Crippen LogP contribution in [0.5, 0.6) is 11.5 Å². The molecule has 104 valence electrons. The van der Waals surface area contributed by atoms with E-state index in [2.05, 4.69) is 5.32 Å². The molecule has 0 saturated heterocycles. The van der Waals surface area contributed by atoms with E-state index >= 15 is 0 Å². The van der Waals surface area contributed by atoms with Crippen molar-refractivity contribution in [2.24, 2.45) is 0 Å². The summed E-state index contributed by atoms with van der Waals surface area (Å²) in [7, 11) is 0. The minimum absolute atomic E-state index is 0.0899. The van der Waals surface area contributed by atoms with Gasteiger partial charge in [0.25, 0.3) is 5.91 Å². The maximum absolute atomic E-state index is 12.0. The van der Waals surface area contributed by atoms with Gasteiger partial charge in [0, 0.05) is 0 Å². The van der Waals surface area contributed by atoms with Crippen LogP contribution in [0.25, 0.3) is 0 Å². The van der Waals surface area contributed by atoms with Gasteiger partial charge in [-0.15, -0.1) is 11.3 Å². The number of carbonyl (C=O) groups is 2. The van der Waals surface area contributed by atoms with Crippen molar-refractivity contribution in [2.75, 3.05) is 5.32 Å². The molecule has 0 fully saturated rings. The Balaban J connectivity index is 2.26. The third-order valence-corrected chi connectivity index (χ3v) is 3.71. The predicted octanol–water partition coefficient (Wildman–Crippen LogP) is 2.42. The average Bonchev–Trinajstić information content (AvgIpc) is 2.73. The van der Waals surface area contributed by atoms with Crippen LogP contribution < -0.4 is 5.32 Å². The molecule has 0 bridgehead atoms. The Labute approximate surface area is 117 Å². The third kappa shape index (κ3) is 2.72. The highest BCUT2D eigenvalue weighted by Gasteiger charge is 2.16. The molecule has 0 aliphatic carbocycles. The van der Waals surface area contributed by atoms with Crippen LogP contribution in [-0.4, -0.2) is 27.2 Å². The lowest BCUT2D eigenvalue weighted by molar-refractivity contribution is 0.0701. The van der Waals surface area contributed by atoms with Gasteiger partial charge >= 0.3 is 5.97 Å². The van der Waals surface area contributed by atoms with Crippen LogP contribution in [0.2, 0.25) is 0 Å². The Hall–Kier alpha value is -2.54. The molecule has 0 spiro atoms. The first kappa shape index (κ1) is 13.9. The molecule has 0 aliphatic rings. The van der Waals surface area contributed by atoms with Crippen molar-refractivity contribution >= 4 is 28.2 Å². The second kappa shape index (κ2) is 5.22. The number of carboxylic acids is 1. The van der Waals surface area contributed by atoms with Gasteiger partial charge in [0.05, 0.1) is 10.6 Å². The number of rotatable bonds is 3. The molecular weight excluding hydrogens is 282 g/mol. The van der Waals surface area contributed by atoms with Gasteiger partial charge in [-0.05, 0) is 36.8 Å². The molecule has 0 saturated carbocycles. The van der Waals surface area contributed by atoms with E-state index in [0.717, 1.165) is 17.4 Å². The molecule has 2 aromatic rings. The van der Waals surface area contributed by atoms with Crippen LogP contribution in [0.4, 0.5) is 5.00 Å². The van der Waals surface area contributed by atoms with Crippen molar-refractivity contribution in [3.05, 3.63) is 40.3 Å². The summed E-state index contributed by atoms with van der Waals surface area (Å²) >= 11 is 0.925. The van der Waals surface area contributed by atoms with Crippen LogP contribution in [0.15, 0.2) is 24.3 Å². The molecule has 7 heteroatoms. The molecule has 0 radical (unpaired) electrons. The fourth-order valence-corrected chi connectivity index (χ4v) is 2.55. The van der Waals surface area contributed by atoms with Crippen LogP contribution in [0, 0.1) is 6.92 Å². The van der Waals surface area contributed by atoms with Gasteiger partial charge < -0.3 is 20.6 Å². The van der Waals surface area contributed by atoms with Crippen molar-refractivity contribution in [3.63, 3.8) is 0 Å². The summed E-state index contributed by atoms with van der Waals surface area (Å²) in [5, 5.41) is 30.7. The lowest BCUT2D eigenvalue weighted by Gasteiger charge is -2.05. The standard InChI is InChI=1S/C13H11NO5S/c1-6-4-10(20-11(6)13(18)19)14-12(17)8-5-7(15)2-3-9(8)16/h2-5,15-16H,1H3,(H,14,17)(H,18,19). The largest absolute Gasteiger partial charge is 0.508 e.